The van der Waals surface area contributed by atoms with Crippen LogP contribution in [-0.2, 0) is 6.42 Å². The first-order valence-corrected chi connectivity index (χ1v) is 6.82. The average molecular weight is 254 g/mol. The summed E-state index contributed by atoms with van der Waals surface area (Å²) < 4.78 is 5.81. The summed E-state index contributed by atoms with van der Waals surface area (Å²) in [6.45, 7) is 0.761. The van der Waals surface area contributed by atoms with E-state index in [0.717, 1.165) is 49.4 Å². The molecule has 17 heavy (non-hydrogen) atoms. The van der Waals surface area contributed by atoms with Crippen LogP contribution in [0.5, 0.6) is 5.75 Å². The Labute approximate surface area is 108 Å². The standard InChI is InChI=1S/C14H20ClNO/c15-13-10-11(4-1-2-9-16)7-8-14(13)17-12-5-3-6-12/h7-8,10,12H,1-6,9,16H2. The molecule has 1 aromatic carbocycles. The van der Waals surface area contributed by atoms with Gasteiger partial charge in [0.05, 0.1) is 11.1 Å². The summed E-state index contributed by atoms with van der Waals surface area (Å²) in [5.41, 5.74) is 6.75. The molecule has 0 aromatic heterocycles. The molecule has 0 heterocycles. The Bertz CT molecular complexity index is 363. The van der Waals surface area contributed by atoms with Crippen LogP contribution in [0.4, 0.5) is 0 Å². The highest BCUT2D eigenvalue weighted by Gasteiger charge is 2.20. The number of nitrogens with two attached hydrogens (primary N) is 1. The van der Waals surface area contributed by atoms with Gasteiger partial charge in [-0.05, 0) is 62.8 Å². The number of hydrogen-bond acceptors (Lipinski definition) is 2. The molecular weight excluding hydrogens is 234 g/mol. The van der Waals surface area contributed by atoms with E-state index in [1.165, 1.54) is 12.0 Å². The van der Waals surface area contributed by atoms with Crippen LogP contribution in [0.2, 0.25) is 5.02 Å². The predicted molar refractivity (Wildman–Crippen MR) is 71.7 cm³/mol. The fraction of sp³-hybridized carbons (Fsp3) is 0.571. The average Bonchev–Trinajstić information content (AvgIpc) is 2.26. The summed E-state index contributed by atoms with van der Waals surface area (Å²) in [5.74, 6) is 0.832. The summed E-state index contributed by atoms with van der Waals surface area (Å²) in [7, 11) is 0. The Hall–Kier alpha value is -0.730. The van der Waals surface area contributed by atoms with Crippen molar-refractivity contribution in [1.82, 2.24) is 0 Å². The Morgan fingerprint density at radius 3 is 2.71 bits per heavy atom. The lowest BCUT2D eigenvalue weighted by Gasteiger charge is -2.26. The molecule has 1 fully saturated rings. The molecule has 3 heteroatoms. The van der Waals surface area contributed by atoms with Crippen LogP contribution in [0.25, 0.3) is 0 Å². The number of aryl methyl sites for hydroxylation is 1. The molecule has 0 bridgehead atoms. The summed E-state index contributed by atoms with van der Waals surface area (Å²) in [4.78, 5) is 0. The van der Waals surface area contributed by atoms with Crippen molar-refractivity contribution < 1.29 is 4.74 Å². The van der Waals surface area contributed by atoms with Crippen LogP contribution in [0, 0.1) is 0 Å². The Kier molecular flexibility index (Phi) is 4.69. The largest absolute Gasteiger partial charge is 0.489 e. The van der Waals surface area contributed by atoms with Gasteiger partial charge in [-0.3, -0.25) is 0 Å². The molecule has 1 aromatic rings. The van der Waals surface area contributed by atoms with Crippen LogP contribution in [-0.4, -0.2) is 12.6 Å². The predicted octanol–water partition coefficient (Wildman–Crippen LogP) is 3.55. The van der Waals surface area contributed by atoms with Gasteiger partial charge in [-0.25, -0.2) is 0 Å². The SMILES string of the molecule is NCCCCc1ccc(OC2CCC2)c(Cl)c1. The van der Waals surface area contributed by atoms with Crippen molar-refractivity contribution in [3.8, 4) is 5.75 Å². The summed E-state index contributed by atoms with van der Waals surface area (Å²) in [6, 6.07) is 6.13. The molecular formula is C14H20ClNO. The Morgan fingerprint density at radius 2 is 2.12 bits per heavy atom. The third-order valence-corrected chi connectivity index (χ3v) is 3.56. The minimum absolute atomic E-state index is 0.385. The van der Waals surface area contributed by atoms with Crippen LogP contribution < -0.4 is 10.5 Å². The molecule has 2 rings (SSSR count). The van der Waals surface area contributed by atoms with Gasteiger partial charge in [0, 0.05) is 0 Å². The molecule has 1 saturated carbocycles. The van der Waals surface area contributed by atoms with Crippen molar-refractivity contribution in [1.29, 1.82) is 0 Å². The van der Waals surface area contributed by atoms with E-state index in [1.807, 2.05) is 12.1 Å². The van der Waals surface area contributed by atoms with Crippen molar-refractivity contribution in [3.63, 3.8) is 0 Å². The molecule has 94 valence electrons. The Balaban J connectivity index is 1.90. The van der Waals surface area contributed by atoms with E-state index in [2.05, 4.69) is 6.07 Å². The zero-order valence-corrected chi connectivity index (χ0v) is 10.9. The molecule has 2 N–H and O–H groups in total. The summed E-state index contributed by atoms with van der Waals surface area (Å²) in [6.07, 6.45) is 7.22. The van der Waals surface area contributed by atoms with Crippen molar-refractivity contribution >= 4 is 11.6 Å². The fourth-order valence-electron chi connectivity index (χ4n) is 1.94. The monoisotopic (exact) mass is 253 g/mol. The first-order valence-electron chi connectivity index (χ1n) is 6.45. The molecule has 0 aliphatic heterocycles. The Morgan fingerprint density at radius 1 is 1.29 bits per heavy atom. The maximum absolute atomic E-state index is 6.22. The lowest BCUT2D eigenvalue weighted by molar-refractivity contribution is 0.120. The maximum Gasteiger partial charge on any atom is 0.138 e. The van der Waals surface area contributed by atoms with Gasteiger partial charge < -0.3 is 10.5 Å². The van der Waals surface area contributed by atoms with Crippen LogP contribution in [0.1, 0.15) is 37.7 Å². The second-order valence-corrected chi connectivity index (χ2v) is 5.09. The molecule has 0 unspecified atom stereocenters. The first-order chi connectivity index (χ1) is 8.29. The van der Waals surface area contributed by atoms with Crippen molar-refractivity contribution in [2.45, 2.75) is 44.6 Å². The van der Waals surface area contributed by atoms with Crippen LogP contribution >= 0.6 is 11.6 Å². The van der Waals surface area contributed by atoms with E-state index in [0.29, 0.717) is 6.10 Å². The van der Waals surface area contributed by atoms with E-state index in [1.54, 1.807) is 0 Å². The minimum atomic E-state index is 0.385. The second-order valence-electron chi connectivity index (χ2n) is 4.68. The second kappa shape index (κ2) is 6.27. The molecule has 0 saturated heterocycles. The first kappa shape index (κ1) is 12.7. The zero-order valence-electron chi connectivity index (χ0n) is 10.1. The lowest BCUT2D eigenvalue weighted by Crippen LogP contribution is -2.24. The topological polar surface area (TPSA) is 35.2 Å². The zero-order chi connectivity index (χ0) is 12.1. The third-order valence-electron chi connectivity index (χ3n) is 3.26. The summed E-state index contributed by atoms with van der Waals surface area (Å²) in [5, 5.41) is 0.738. The van der Waals surface area contributed by atoms with Gasteiger partial charge in [-0.2, -0.15) is 0 Å². The third kappa shape index (κ3) is 3.62. The number of benzene rings is 1. The molecule has 1 aliphatic carbocycles. The van der Waals surface area contributed by atoms with E-state index < -0.39 is 0 Å². The molecule has 0 radical (unpaired) electrons. The van der Waals surface area contributed by atoms with Gasteiger partial charge in [0.1, 0.15) is 5.75 Å². The highest BCUT2D eigenvalue weighted by atomic mass is 35.5. The summed E-state index contributed by atoms with van der Waals surface area (Å²) >= 11 is 6.22. The molecule has 0 amide bonds. The number of hydrogen-bond donors (Lipinski definition) is 1. The van der Waals surface area contributed by atoms with Gasteiger partial charge >= 0.3 is 0 Å². The van der Waals surface area contributed by atoms with E-state index in [-0.39, 0.29) is 0 Å². The van der Waals surface area contributed by atoms with Gasteiger partial charge in [0.2, 0.25) is 0 Å². The molecule has 0 spiro atoms. The van der Waals surface area contributed by atoms with Crippen LogP contribution in [0.3, 0.4) is 0 Å². The van der Waals surface area contributed by atoms with E-state index in [4.69, 9.17) is 22.1 Å². The van der Waals surface area contributed by atoms with Gasteiger partial charge in [0.25, 0.3) is 0 Å². The molecule has 1 aliphatic rings. The van der Waals surface area contributed by atoms with E-state index >= 15 is 0 Å². The smallest absolute Gasteiger partial charge is 0.138 e. The van der Waals surface area contributed by atoms with Crippen molar-refractivity contribution in [3.05, 3.63) is 28.8 Å². The molecule has 2 nitrogen and oxygen atoms in total. The fourth-order valence-corrected chi connectivity index (χ4v) is 2.18. The van der Waals surface area contributed by atoms with Crippen molar-refractivity contribution in [2.75, 3.05) is 6.54 Å². The highest BCUT2D eigenvalue weighted by molar-refractivity contribution is 6.32. The maximum atomic E-state index is 6.22. The van der Waals surface area contributed by atoms with Gasteiger partial charge in [-0.15, -0.1) is 0 Å². The minimum Gasteiger partial charge on any atom is -0.489 e. The van der Waals surface area contributed by atoms with Gasteiger partial charge in [-0.1, -0.05) is 17.7 Å². The number of ether oxygens (including phenoxy) is 1. The molecule has 0 atom stereocenters. The normalized spacial score (nSPS) is 15.6. The van der Waals surface area contributed by atoms with Crippen LogP contribution in [0.15, 0.2) is 18.2 Å². The lowest BCUT2D eigenvalue weighted by atomic mass is 9.96. The number of unbranched alkanes of at least 4 members (excludes halogenated alkanes) is 1. The van der Waals surface area contributed by atoms with Crippen molar-refractivity contribution in [2.24, 2.45) is 5.73 Å². The quantitative estimate of drug-likeness (QED) is 0.787. The van der Waals surface area contributed by atoms with E-state index in [9.17, 15) is 0 Å². The van der Waals surface area contributed by atoms with Gasteiger partial charge in [0.15, 0.2) is 0 Å². The highest BCUT2D eigenvalue weighted by Crippen LogP contribution is 2.31. The number of rotatable bonds is 6. The number of halogens is 1.